The minimum Gasteiger partial charge on any atom is -0.454 e. The Hall–Kier alpha value is -1.72. The van der Waals surface area contributed by atoms with Crippen LogP contribution in [-0.2, 0) is 4.74 Å². The molecule has 0 bridgehead atoms. The summed E-state index contributed by atoms with van der Waals surface area (Å²) in [7, 11) is 0. The van der Waals surface area contributed by atoms with Gasteiger partial charge in [0.15, 0.2) is 6.61 Å². The molecular formula is C14H12ClNO3S. The minimum absolute atomic E-state index is 0.262. The summed E-state index contributed by atoms with van der Waals surface area (Å²) in [4.78, 5) is 27.3. The van der Waals surface area contributed by atoms with Crippen molar-refractivity contribution in [1.82, 2.24) is 4.98 Å². The fourth-order valence-electron chi connectivity index (χ4n) is 1.58. The number of nitrogens with one attached hydrogen (secondary N) is 1. The zero-order valence-electron chi connectivity index (χ0n) is 10.7. The highest BCUT2D eigenvalue weighted by atomic mass is 35.5. The molecule has 1 N–H and O–H groups in total. The zero-order valence-corrected chi connectivity index (χ0v) is 12.3. The van der Waals surface area contributed by atoms with Crippen LogP contribution in [0.2, 0.25) is 5.02 Å². The number of Topliss-reactive ketones (excluding diaryl/α,β-unsaturated/α-hetero) is 1. The van der Waals surface area contributed by atoms with Gasteiger partial charge in [-0.05, 0) is 36.6 Å². The fraction of sp³-hybridized carbons (Fsp3) is 0.143. The van der Waals surface area contributed by atoms with Gasteiger partial charge in [-0.2, -0.15) is 0 Å². The van der Waals surface area contributed by atoms with E-state index in [1.54, 1.807) is 30.5 Å². The second-order valence-corrected chi connectivity index (χ2v) is 5.22. The molecule has 0 saturated heterocycles. The lowest BCUT2D eigenvalue weighted by Gasteiger charge is -2.06. The number of hydrogen-bond donors (Lipinski definition) is 1. The van der Waals surface area contributed by atoms with Crippen LogP contribution in [0.5, 0.6) is 0 Å². The summed E-state index contributed by atoms with van der Waals surface area (Å²) in [6, 6.07) is 8.42. The highest BCUT2D eigenvalue weighted by Crippen LogP contribution is 2.23. The molecule has 20 heavy (non-hydrogen) atoms. The van der Waals surface area contributed by atoms with Crippen LogP contribution in [0.15, 0.2) is 41.4 Å². The number of hydrogen-bond acceptors (Lipinski definition) is 4. The van der Waals surface area contributed by atoms with Gasteiger partial charge in [0.25, 0.3) is 0 Å². The molecule has 0 aliphatic rings. The molecule has 0 atom stereocenters. The number of halogens is 1. The van der Waals surface area contributed by atoms with Gasteiger partial charge in [-0.15, -0.1) is 11.8 Å². The van der Waals surface area contributed by atoms with Crippen LogP contribution in [-0.4, -0.2) is 29.6 Å². The van der Waals surface area contributed by atoms with Gasteiger partial charge in [0, 0.05) is 11.1 Å². The second-order valence-electron chi connectivity index (χ2n) is 3.93. The molecule has 0 aliphatic carbocycles. The first-order valence-electron chi connectivity index (χ1n) is 5.79. The second kappa shape index (κ2) is 6.63. The summed E-state index contributed by atoms with van der Waals surface area (Å²) >= 11 is 7.45. The number of rotatable bonds is 5. The molecule has 2 rings (SSSR count). The number of carbonyl (C=O) groups excluding carboxylic acids is 2. The minimum atomic E-state index is -0.606. The third kappa shape index (κ3) is 3.43. The molecule has 0 spiro atoms. The van der Waals surface area contributed by atoms with Gasteiger partial charge in [-0.3, -0.25) is 4.79 Å². The number of carbonyl (C=O) groups is 2. The number of ether oxygens (including phenoxy) is 1. The quantitative estimate of drug-likeness (QED) is 0.522. The number of benzene rings is 1. The van der Waals surface area contributed by atoms with E-state index in [-0.39, 0.29) is 18.0 Å². The Kier molecular flexibility index (Phi) is 4.87. The van der Waals surface area contributed by atoms with E-state index in [0.29, 0.717) is 10.7 Å². The Morgan fingerprint density at radius 2 is 2.15 bits per heavy atom. The molecule has 0 unspecified atom stereocenters. The normalized spacial score (nSPS) is 10.3. The fourth-order valence-corrected chi connectivity index (χ4v) is 2.21. The van der Waals surface area contributed by atoms with E-state index >= 15 is 0 Å². The monoisotopic (exact) mass is 309 g/mol. The van der Waals surface area contributed by atoms with E-state index < -0.39 is 5.97 Å². The average molecular weight is 310 g/mol. The lowest BCUT2D eigenvalue weighted by Crippen LogP contribution is -2.14. The molecule has 104 valence electrons. The summed E-state index contributed by atoms with van der Waals surface area (Å²) in [5.74, 6) is -0.897. The van der Waals surface area contributed by atoms with Crippen molar-refractivity contribution in [2.24, 2.45) is 0 Å². The highest BCUT2D eigenvalue weighted by Gasteiger charge is 2.15. The number of aromatic nitrogens is 1. The van der Waals surface area contributed by atoms with Crippen molar-refractivity contribution in [3.63, 3.8) is 0 Å². The summed E-state index contributed by atoms with van der Waals surface area (Å²) in [5.41, 5.74) is 0.666. The van der Waals surface area contributed by atoms with Crippen molar-refractivity contribution in [1.29, 1.82) is 0 Å². The first kappa shape index (κ1) is 14.7. The van der Waals surface area contributed by atoms with Crippen LogP contribution in [0, 0.1) is 0 Å². The Morgan fingerprint density at radius 3 is 2.80 bits per heavy atom. The zero-order chi connectivity index (χ0) is 14.5. The number of H-pyrrole nitrogens is 1. The van der Waals surface area contributed by atoms with E-state index in [1.165, 1.54) is 11.8 Å². The summed E-state index contributed by atoms with van der Waals surface area (Å²) in [6.45, 7) is -0.320. The summed E-state index contributed by atoms with van der Waals surface area (Å²) in [5, 5.41) is 0.306. The largest absolute Gasteiger partial charge is 0.454 e. The van der Waals surface area contributed by atoms with Crippen LogP contribution >= 0.6 is 23.4 Å². The Bertz CT molecular complexity index is 625. The number of ketones is 1. The van der Waals surface area contributed by atoms with Gasteiger partial charge in [0.1, 0.15) is 0 Å². The Labute approximate surface area is 125 Å². The van der Waals surface area contributed by atoms with Gasteiger partial charge in [-0.1, -0.05) is 11.6 Å². The van der Waals surface area contributed by atoms with Gasteiger partial charge in [0.05, 0.1) is 16.3 Å². The molecule has 0 amide bonds. The van der Waals surface area contributed by atoms with Crippen LogP contribution in [0.1, 0.15) is 20.8 Å². The first-order valence-corrected chi connectivity index (χ1v) is 7.39. The number of aromatic amines is 1. The topological polar surface area (TPSA) is 59.2 Å². The van der Waals surface area contributed by atoms with Gasteiger partial charge in [-0.25, -0.2) is 4.79 Å². The maximum Gasteiger partial charge on any atom is 0.340 e. The maximum atomic E-state index is 11.9. The highest BCUT2D eigenvalue weighted by molar-refractivity contribution is 7.98. The standard InChI is InChI=1S/C14H12ClNO3S/c1-20-9-4-5-11(15)10(7-9)14(18)19-8-13(17)12-3-2-6-16-12/h2-7,16H,8H2,1H3. The van der Waals surface area contributed by atoms with Crippen molar-refractivity contribution in [2.45, 2.75) is 4.90 Å². The number of thioether (sulfide) groups is 1. The van der Waals surface area contributed by atoms with E-state index in [0.717, 1.165) is 4.90 Å². The molecule has 2 aromatic rings. The lowest BCUT2D eigenvalue weighted by atomic mass is 10.2. The predicted octanol–water partition coefficient (Wildman–Crippen LogP) is 3.43. The third-order valence-electron chi connectivity index (χ3n) is 2.63. The molecule has 0 aliphatic heterocycles. The average Bonchev–Trinajstić information content (AvgIpc) is 2.99. The van der Waals surface area contributed by atoms with Gasteiger partial charge >= 0.3 is 5.97 Å². The molecular weight excluding hydrogens is 298 g/mol. The molecule has 0 saturated carbocycles. The Balaban J connectivity index is 2.03. The molecule has 1 aromatic heterocycles. The third-order valence-corrected chi connectivity index (χ3v) is 3.68. The Morgan fingerprint density at radius 1 is 1.35 bits per heavy atom. The van der Waals surface area contributed by atoms with Crippen molar-refractivity contribution in [3.05, 3.63) is 52.8 Å². The summed E-state index contributed by atoms with van der Waals surface area (Å²) < 4.78 is 4.99. The van der Waals surface area contributed by atoms with Crippen molar-refractivity contribution in [3.8, 4) is 0 Å². The molecule has 6 heteroatoms. The lowest BCUT2D eigenvalue weighted by molar-refractivity contribution is 0.0473. The van der Waals surface area contributed by atoms with Gasteiger partial charge < -0.3 is 9.72 Å². The molecule has 0 radical (unpaired) electrons. The molecule has 4 nitrogen and oxygen atoms in total. The van der Waals surface area contributed by atoms with Crippen molar-refractivity contribution < 1.29 is 14.3 Å². The van der Waals surface area contributed by atoms with Crippen molar-refractivity contribution >= 4 is 35.1 Å². The molecule has 0 fully saturated rings. The maximum absolute atomic E-state index is 11.9. The SMILES string of the molecule is CSc1ccc(Cl)c(C(=O)OCC(=O)c2ccc[nH]2)c1. The first-order chi connectivity index (χ1) is 9.61. The van der Waals surface area contributed by atoms with Gasteiger partial charge in [0.2, 0.25) is 5.78 Å². The van der Waals surface area contributed by atoms with Crippen LogP contribution in [0.3, 0.4) is 0 Å². The smallest absolute Gasteiger partial charge is 0.340 e. The van der Waals surface area contributed by atoms with Crippen LogP contribution < -0.4 is 0 Å². The van der Waals surface area contributed by atoms with E-state index in [9.17, 15) is 9.59 Å². The van der Waals surface area contributed by atoms with E-state index in [4.69, 9.17) is 16.3 Å². The van der Waals surface area contributed by atoms with E-state index in [2.05, 4.69) is 4.98 Å². The van der Waals surface area contributed by atoms with E-state index in [1.807, 2.05) is 12.3 Å². The van der Waals surface area contributed by atoms with Crippen LogP contribution in [0.25, 0.3) is 0 Å². The summed E-state index contributed by atoms with van der Waals surface area (Å²) in [6.07, 6.45) is 3.53. The van der Waals surface area contributed by atoms with Crippen molar-refractivity contribution in [2.75, 3.05) is 12.9 Å². The predicted molar refractivity (Wildman–Crippen MR) is 78.6 cm³/mol. The molecule has 1 heterocycles. The molecule has 1 aromatic carbocycles. The number of esters is 1. The van der Waals surface area contributed by atoms with Crippen LogP contribution in [0.4, 0.5) is 0 Å².